The fourth-order valence-corrected chi connectivity index (χ4v) is 1.34. The molecule has 0 bridgehead atoms. The van der Waals surface area contributed by atoms with Crippen molar-refractivity contribution in [3.8, 4) is 0 Å². The highest BCUT2D eigenvalue weighted by atomic mass is 79.9. The van der Waals surface area contributed by atoms with Gasteiger partial charge in [-0.1, -0.05) is 0 Å². The van der Waals surface area contributed by atoms with Gasteiger partial charge < -0.3 is 9.40 Å². The highest BCUT2D eigenvalue weighted by Crippen LogP contribution is 2.13. The molecule has 0 amide bonds. The van der Waals surface area contributed by atoms with Gasteiger partial charge in [0.15, 0.2) is 0 Å². The number of pyridine rings is 1. The average molecular weight is 214 g/mol. The summed E-state index contributed by atoms with van der Waals surface area (Å²) in [6, 6.07) is 3.36. The maximum Gasteiger partial charge on any atom is 0.259 e. The second-order valence-corrected chi connectivity index (χ2v) is 3.00. The highest BCUT2D eigenvalue weighted by molar-refractivity contribution is 9.10. The number of halogens is 1. The quantitative estimate of drug-likeness (QED) is 0.680. The Morgan fingerprint density at radius 3 is 3.18 bits per heavy atom. The molecule has 4 heteroatoms. The maximum absolute atomic E-state index is 11.1. The molecule has 0 saturated carbocycles. The Bertz CT molecular complexity index is 443. The Kier molecular flexibility index (Phi) is 1.35. The summed E-state index contributed by atoms with van der Waals surface area (Å²) >= 11 is 3.15. The van der Waals surface area contributed by atoms with Gasteiger partial charge in [0, 0.05) is 6.07 Å². The van der Waals surface area contributed by atoms with Gasteiger partial charge >= 0.3 is 0 Å². The molecule has 0 aromatic carbocycles. The molecule has 1 N–H and O–H groups in total. The zero-order chi connectivity index (χ0) is 7.84. The molecule has 0 atom stereocenters. The lowest BCUT2D eigenvalue weighted by Crippen LogP contribution is -2.03. The Morgan fingerprint density at radius 2 is 2.36 bits per heavy atom. The number of H-pyrrole nitrogens is 1. The molecule has 56 valence electrons. The molecule has 3 nitrogen and oxygen atoms in total. The van der Waals surface area contributed by atoms with Crippen LogP contribution in [0, 0.1) is 0 Å². The molecular weight excluding hydrogens is 210 g/mol. The standard InChI is InChI=1S/C7H4BrNO2/c8-6-3-5-4(1-2-11-5)7(10)9-6/h1-3H,(H,9,10). The van der Waals surface area contributed by atoms with Gasteiger partial charge in [0.05, 0.1) is 16.3 Å². The first-order chi connectivity index (χ1) is 5.27. The molecule has 2 heterocycles. The molecule has 0 spiro atoms. The summed E-state index contributed by atoms with van der Waals surface area (Å²) in [6.45, 7) is 0. The van der Waals surface area contributed by atoms with Gasteiger partial charge in [-0.15, -0.1) is 0 Å². The molecule has 0 aliphatic heterocycles. The molecule has 0 unspecified atom stereocenters. The van der Waals surface area contributed by atoms with E-state index in [1.54, 1.807) is 12.1 Å². The molecule has 0 radical (unpaired) electrons. The van der Waals surface area contributed by atoms with Crippen molar-refractivity contribution in [2.24, 2.45) is 0 Å². The fourth-order valence-electron chi connectivity index (χ4n) is 0.947. The second kappa shape index (κ2) is 2.23. The van der Waals surface area contributed by atoms with Crippen LogP contribution in [-0.2, 0) is 0 Å². The van der Waals surface area contributed by atoms with Crippen molar-refractivity contribution >= 4 is 26.9 Å². The van der Waals surface area contributed by atoms with E-state index in [0.717, 1.165) is 0 Å². The normalized spacial score (nSPS) is 10.6. The topological polar surface area (TPSA) is 46.0 Å². The lowest BCUT2D eigenvalue weighted by atomic mass is 10.3. The summed E-state index contributed by atoms with van der Waals surface area (Å²) in [6.07, 6.45) is 1.49. The van der Waals surface area contributed by atoms with Crippen LogP contribution < -0.4 is 5.56 Å². The van der Waals surface area contributed by atoms with Gasteiger partial charge in [0.1, 0.15) is 5.58 Å². The van der Waals surface area contributed by atoms with Gasteiger partial charge in [0.2, 0.25) is 0 Å². The predicted octanol–water partition coefficient (Wildman–Crippen LogP) is 1.88. The molecular formula is C7H4BrNO2. The molecule has 2 aromatic heterocycles. The van der Waals surface area contributed by atoms with Crippen molar-refractivity contribution in [1.82, 2.24) is 4.98 Å². The molecule has 0 fully saturated rings. The SMILES string of the molecule is O=c1[nH]c(Br)cc2occc12. The summed E-state index contributed by atoms with van der Waals surface area (Å²) in [5.74, 6) is 0. The third kappa shape index (κ3) is 0.991. The van der Waals surface area contributed by atoms with Crippen molar-refractivity contribution in [1.29, 1.82) is 0 Å². The summed E-state index contributed by atoms with van der Waals surface area (Å²) in [7, 11) is 0. The molecule has 0 aliphatic carbocycles. The van der Waals surface area contributed by atoms with Crippen molar-refractivity contribution in [3.63, 3.8) is 0 Å². The molecule has 2 aromatic rings. The van der Waals surface area contributed by atoms with Crippen molar-refractivity contribution in [2.75, 3.05) is 0 Å². The molecule has 11 heavy (non-hydrogen) atoms. The van der Waals surface area contributed by atoms with Gasteiger partial charge in [0.25, 0.3) is 5.56 Å². The maximum atomic E-state index is 11.1. The van der Waals surface area contributed by atoms with Crippen LogP contribution in [0.5, 0.6) is 0 Å². The zero-order valence-corrected chi connectivity index (χ0v) is 7.01. The van der Waals surface area contributed by atoms with Gasteiger partial charge in [-0.05, 0) is 22.0 Å². The van der Waals surface area contributed by atoms with E-state index >= 15 is 0 Å². The Labute approximate surface area is 70.2 Å². The largest absolute Gasteiger partial charge is 0.464 e. The number of aromatic nitrogens is 1. The third-order valence-electron chi connectivity index (χ3n) is 1.43. The van der Waals surface area contributed by atoms with Crippen LogP contribution in [0.3, 0.4) is 0 Å². The number of aromatic amines is 1. The summed E-state index contributed by atoms with van der Waals surface area (Å²) in [5.41, 5.74) is 0.462. The predicted molar refractivity (Wildman–Crippen MR) is 44.5 cm³/mol. The third-order valence-corrected chi connectivity index (χ3v) is 1.86. The minimum Gasteiger partial charge on any atom is -0.464 e. The fraction of sp³-hybridized carbons (Fsp3) is 0. The summed E-state index contributed by atoms with van der Waals surface area (Å²) in [4.78, 5) is 13.7. The Morgan fingerprint density at radius 1 is 1.55 bits per heavy atom. The molecule has 0 saturated heterocycles. The minimum absolute atomic E-state index is 0.136. The van der Waals surface area contributed by atoms with E-state index in [1.165, 1.54) is 6.26 Å². The van der Waals surface area contributed by atoms with E-state index in [-0.39, 0.29) is 5.56 Å². The van der Waals surface area contributed by atoms with Gasteiger partial charge in [-0.3, -0.25) is 4.79 Å². The first kappa shape index (κ1) is 6.67. The Balaban J connectivity index is 3.02. The van der Waals surface area contributed by atoms with Crippen molar-refractivity contribution < 1.29 is 4.42 Å². The molecule has 2 rings (SSSR count). The lowest BCUT2D eigenvalue weighted by molar-refractivity contribution is 0.615. The van der Waals surface area contributed by atoms with Crippen molar-refractivity contribution in [3.05, 3.63) is 33.4 Å². The number of furan rings is 1. The lowest BCUT2D eigenvalue weighted by Gasteiger charge is -1.88. The summed E-state index contributed by atoms with van der Waals surface area (Å²) in [5, 5.41) is 0.577. The van der Waals surface area contributed by atoms with E-state index in [9.17, 15) is 4.79 Å². The zero-order valence-electron chi connectivity index (χ0n) is 5.43. The monoisotopic (exact) mass is 213 g/mol. The van der Waals surface area contributed by atoms with Crippen LogP contribution in [0.15, 0.2) is 32.2 Å². The van der Waals surface area contributed by atoms with E-state index in [4.69, 9.17) is 4.42 Å². The van der Waals surface area contributed by atoms with Gasteiger partial charge in [-0.25, -0.2) is 0 Å². The first-order valence-electron chi connectivity index (χ1n) is 3.03. The average Bonchev–Trinajstić information content (AvgIpc) is 2.34. The number of hydrogen-bond donors (Lipinski definition) is 1. The number of rotatable bonds is 0. The van der Waals surface area contributed by atoms with Crippen LogP contribution in [-0.4, -0.2) is 4.98 Å². The molecule has 0 aliphatic rings. The number of nitrogens with one attached hydrogen (secondary N) is 1. The summed E-state index contributed by atoms with van der Waals surface area (Å²) < 4.78 is 5.66. The van der Waals surface area contributed by atoms with Crippen LogP contribution in [0.25, 0.3) is 11.0 Å². The van der Waals surface area contributed by atoms with E-state index in [2.05, 4.69) is 20.9 Å². The van der Waals surface area contributed by atoms with E-state index in [0.29, 0.717) is 15.6 Å². The van der Waals surface area contributed by atoms with Crippen LogP contribution in [0.2, 0.25) is 0 Å². The van der Waals surface area contributed by atoms with Crippen molar-refractivity contribution in [2.45, 2.75) is 0 Å². The first-order valence-corrected chi connectivity index (χ1v) is 3.83. The number of hydrogen-bond acceptors (Lipinski definition) is 2. The van der Waals surface area contributed by atoms with Gasteiger partial charge in [-0.2, -0.15) is 0 Å². The highest BCUT2D eigenvalue weighted by Gasteiger charge is 2.01. The van der Waals surface area contributed by atoms with Crippen LogP contribution in [0.4, 0.5) is 0 Å². The second-order valence-electron chi connectivity index (χ2n) is 2.14. The smallest absolute Gasteiger partial charge is 0.259 e. The number of fused-ring (bicyclic) bond motifs is 1. The van der Waals surface area contributed by atoms with E-state index < -0.39 is 0 Å². The van der Waals surface area contributed by atoms with Crippen LogP contribution >= 0.6 is 15.9 Å². The Hall–Kier alpha value is -1.03. The van der Waals surface area contributed by atoms with E-state index in [1.807, 2.05) is 0 Å². The van der Waals surface area contributed by atoms with Crippen LogP contribution in [0.1, 0.15) is 0 Å². The minimum atomic E-state index is -0.136.